The van der Waals surface area contributed by atoms with Gasteiger partial charge in [-0.25, -0.2) is 4.39 Å². The third-order valence-corrected chi connectivity index (χ3v) is 4.93. The summed E-state index contributed by atoms with van der Waals surface area (Å²) < 4.78 is 13.5. The van der Waals surface area contributed by atoms with Gasteiger partial charge in [-0.1, -0.05) is 18.0 Å². The average molecular weight is 298 g/mol. The van der Waals surface area contributed by atoms with Gasteiger partial charge >= 0.3 is 0 Å². The maximum absolute atomic E-state index is 13.5. The third kappa shape index (κ3) is 2.52. The number of hydrogen-bond donors (Lipinski definition) is 2. The van der Waals surface area contributed by atoms with E-state index >= 15 is 0 Å². The van der Waals surface area contributed by atoms with Crippen molar-refractivity contribution in [2.75, 3.05) is 25.0 Å². The zero-order valence-corrected chi connectivity index (χ0v) is 12.3. The van der Waals surface area contributed by atoms with Gasteiger partial charge in [-0.3, -0.25) is 4.90 Å². The number of piperidine rings is 1. The van der Waals surface area contributed by atoms with E-state index in [-0.39, 0.29) is 11.4 Å². The van der Waals surface area contributed by atoms with Crippen LogP contribution in [0.1, 0.15) is 25.7 Å². The molecular weight excluding hydrogens is 277 g/mol. The van der Waals surface area contributed by atoms with Crippen LogP contribution in [0.15, 0.2) is 18.2 Å². The van der Waals surface area contributed by atoms with Gasteiger partial charge in [-0.2, -0.15) is 0 Å². The van der Waals surface area contributed by atoms with Crippen LogP contribution in [0, 0.1) is 5.82 Å². The minimum atomic E-state index is -0.314. The highest BCUT2D eigenvalue weighted by molar-refractivity contribution is 6.30. The van der Waals surface area contributed by atoms with Crippen molar-refractivity contribution in [1.29, 1.82) is 0 Å². The van der Waals surface area contributed by atoms with Crippen molar-refractivity contribution in [3.8, 4) is 0 Å². The molecule has 2 atom stereocenters. The van der Waals surface area contributed by atoms with E-state index in [1.165, 1.54) is 25.0 Å². The minimum absolute atomic E-state index is 0.155. The first-order chi connectivity index (χ1) is 9.63. The maximum atomic E-state index is 13.5. The number of fused-ring (bicyclic) bond motifs is 1. The Morgan fingerprint density at radius 2 is 2.20 bits per heavy atom. The van der Waals surface area contributed by atoms with Gasteiger partial charge in [0.25, 0.3) is 0 Å². The molecule has 20 heavy (non-hydrogen) atoms. The van der Waals surface area contributed by atoms with Gasteiger partial charge in [0.1, 0.15) is 5.82 Å². The summed E-state index contributed by atoms with van der Waals surface area (Å²) in [6, 6.07) is 5.04. The molecule has 0 radical (unpaired) electrons. The second-order valence-corrected chi connectivity index (χ2v) is 6.38. The summed E-state index contributed by atoms with van der Waals surface area (Å²) in [4.78, 5) is 2.52. The molecule has 2 aliphatic heterocycles. The largest absolute Gasteiger partial charge is 0.377 e. The van der Waals surface area contributed by atoms with E-state index in [2.05, 4.69) is 10.2 Å². The maximum Gasteiger partial charge on any atom is 0.126 e. The molecule has 0 amide bonds. The monoisotopic (exact) mass is 297 g/mol. The first kappa shape index (κ1) is 14.1. The predicted molar refractivity (Wildman–Crippen MR) is 80.6 cm³/mol. The Bertz CT molecular complexity index is 476. The standard InChI is InChI=1S/C15H21ClFN3/c16-11-7-12(17)9-13(8-11)19-15(10-18)4-6-20-5-2-1-3-14(15)20/h7-9,14,19H,1-6,10,18H2. The Morgan fingerprint density at radius 3 is 2.95 bits per heavy atom. The van der Waals surface area contributed by atoms with E-state index in [1.807, 2.05) is 0 Å². The first-order valence-electron chi connectivity index (χ1n) is 7.31. The summed E-state index contributed by atoms with van der Waals surface area (Å²) in [5, 5.41) is 3.91. The molecule has 110 valence electrons. The molecule has 0 aromatic heterocycles. The number of nitrogens with zero attached hydrogens (tertiary/aromatic N) is 1. The highest BCUT2D eigenvalue weighted by Gasteiger charge is 2.47. The van der Waals surface area contributed by atoms with Crippen molar-refractivity contribution in [2.24, 2.45) is 5.73 Å². The summed E-state index contributed by atoms with van der Waals surface area (Å²) >= 11 is 5.94. The van der Waals surface area contributed by atoms with Crippen LogP contribution in [-0.4, -0.2) is 36.1 Å². The zero-order valence-electron chi connectivity index (χ0n) is 11.5. The predicted octanol–water partition coefficient (Wildman–Crippen LogP) is 2.85. The number of rotatable bonds is 3. The smallest absolute Gasteiger partial charge is 0.126 e. The molecule has 3 rings (SSSR count). The van der Waals surface area contributed by atoms with Crippen LogP contribution in [0.4, 0.5) is 10.1 Å². The van der Waals surface area contributed by atoms with Crippen LogP contribution in [0.25, 0.3) is 0 Å². The van der Waals surface area contributed by atoms with E-state index in [0.717, 1.165) is 31.6 Å². The van der Waals surface area contributed by atoms with Crippen LogP contribution < -0.4 is 11.1 Å². The average Bonchev–Trinajstić information content (AvgIpc) is 2.78. The molecule has 0 spiro atoms. The van der Waals surface area contributed by atoms with Gasteiger partial charge in [0.15, 0.2) is 0 Å². The lowest BCUT2D eigenvalue weighted by Crippen LogP contribution is -2.56. The minimum Gasteiger partial charge on any atom is -0.377 e. The van der Waals surface area contributed by atoms with Crippen LogP contribution in [0.2, 0.25) is 5.02 Å². The number of nitrogens with two attached hydrogens (primary N) is 1. The summed E-state index contributed by atoms with van der Waals surface area (Å²) in [6.07, 6.45) is 4.67. The van der Waals surface area contributed by atoms with Crippen molar-refractivity contribution in [1.82, 2.24) is 4.90 Å². The summed E-state index contributed by atoms with van der Waals surface area (Å²) in [5.74, 6) is -0.314. The quantitative estimate of drug-likeness (QED) is 0.901. The van der Waals surface area contributed by atoms with Crippen molar-refractivity contribution in [2.45, 2.75) is 37.3 Å². The van der Waals surface area contributed by atoms with Crippen LogP contribution in [0.5, 0.6) is 0 Å². The molecular formula is C15H21ClFN3. The van der Waals surface area contributed by atoms with Gasteiger partial charge in [0.2, 0.25) is 0 Å². The topological polar surface area (TPSA) is 41.3 Å². The van der Waals surface area contributed by atoms with Crippen LogP contribution in [0.3, 0.4) is 0 Å². The van der Waals surface area contributed by atoms with E-state index < -0.39 is 0 Å². The van der Waals surface area contributed by atoms with Crippen LogP contribution in [-0.2, 0) is 0 Å². The molecule has 3 nitrogen and oxygen atoms in total. The van der Waals surface area contributed by atoms with Crippen LogP contribution >= 0.6 is 11.6 Å². The molecule has 1 aromatic carbocycles. The van der Waals surface area contributed by atoms with E-state index in [9.17, 15) is 4.39 Å². The fraction of sp³-hybridized carbons (Fsp3) is 0.600. The summed E-state index contributed by atoms with van der Waals surface area (Å²) in [6.45, 7) is 2.78. The second-order valence-electron chi connectivity index (χ2n) is 5.94. The fourth-order valence-corrected chi connectivity index (χ4v) is 3.96. The molecule has 2 fully saturated rings. The number of anilines is 1. The molecule has 2 aliphatic rings. The highest BCUT2D eigenvalue weighted by atomic mass is 35.5. The summed E-state index contributed by atoms with van der Waals surface area (Å²) in [5.41, 5.74) is 6.66. The van der Waals surface area contributed by atoms with E-state index in [1.54, 1.807) is 6.07 Å². The van der Waals surface area contributed by atoms with Crippen molar-refractivity contribution in [3.05, 3.63) is 29.0 Å². The first-order valence-corrected chi connectivity index (χ1v) is 7.69. The van der Waals surface area contributed by atoms with Gasteiger partial charge in [0, 0.05) is 29.8 Å². The number of benzene rings is 1. The SMILES string of the molecule is NCC1(Nc2cc(F)cc(Cl)c2)CCN2CCCCC21. The summed E-state index contributed by atoms with van der Waals surface area (Å²) in [7, 11) is 0. The lowest BCUT2D eigenvalue weighted by atomic mass is 9.85. The third-order valence-electron chi connectivity index (χ3n) is 4.72. The lowest BCUT2D eigenvalue weighted by molar-refractivity contribution is 0.167. The van der Waals surface area contributed by atoms with Gasteiger partial charge < -0.3 is 11.1 Å². The fourth-order valence-electron chi connectivity index (χ4n) is 3.74. The van der Waals surface area contributed by atoms with E-state index in [0.29, 0.717) is 17.6 Å². The molecule has 5 heteroatoms. The number of nitrogens with one attached hydrogen (secondary N) is 1. The molecule has 0 bridgehead atoms. The van der Waals surface area contributed by atoms with E-state index in [4.69, 9.17) is 17.3 Å². The highest BCUT2D eigenvalue weighted by Crippen LogP contribution is 2.37. The normalized spacial score (nSPS) is 30.2. The molecule has 0 saturated carbocycles. The molecule has 1 aromatic rings. The van der Waals surface area contributed by atoms with Crippen molar-refractivity contribution < 1.29 is 4.39 Å². The zero-order chi connectivity index (χ0) is 14.2. The number of hydrogen-bond acceptors (Lipinski definition) is 3. The lowest BCUT2D eigenvalue weighted by Gasteiger charge is -2.41. The Balaban J connectivity index is 1.85. The Kier molecular flexibility index (Phi) is 3.89. The van der Waals surface area contributed by atoms with Crippen molar-refractivity contribution in [3.63, 3.8) is 0 Å². The second kappa shape index (κ2) is 5.51. The molecule has 0 aliphatic carbocycles. The van der Waals surface area contributed by atoms with Gasteiger partial charge in [-0.05, 0) is 44.0 Å². The van der Waals surface area contributed by atoms with Gasteiger partial charge in [-0.15, -0.1) is 0 Å². The molecule has 3 N–H and O–H groups in total. The molecule has 2 saturated heterocycles. The molecule has 2 unspecified atom stereocenters. The molecule has 2 heterocycles. The van der Waals surface area contributed by atoms with Crippen molar-refractivity contribution >= 4 is 17.3 Å². The Labute approximate surface area is 124 Å². The Morgan fingerprint density at radius 1 is 1.35 bits per heavy atom. The number of halogens is 2. The Hall–Kier alpha value is -0.840. The van der Waals surface area contributed by atoms with Gasteiger partial charge in [0.05, 0.1) is 5.54 Å².